The molecule has 0 spiro atoms. The number of benzene rings is 2. The molecule has 0 unspecified atom stereocenters. The number of para-hydroxylation sites is 1. The fraction of sp³-hybridized carbons (Fsp3) is 0.133. The molecule has 2 aromatic rings. The number of halogens is 1. The minimum atomic E-state index is -1.08. The minimum absolute atomic E-state index is 0.562. The molecule has 0 heterocycles. The van der Waals surface area contributed by atoms with Crippen LogP contribution in [0.2, 0.25) is 5.02 Å². The fourth-order valence-electron chi connectivity index (χ4n) is 2.05. The van der Waals surface area contributed by atoms with E-state index in [0.29, 0.717) is 10.7 Å². The normalized spacial score (nSPS) is 10.2. The maximum absolute atomic E-state index is 10.8. The Bertz CT molecular complexity index is 611. The van der Waals surface area contributed by atoms with Gasteiger partial charge < -0.3 is 5.11 Å². The van der Waals surface area contributed by atoms with Gasteiger partial charge in [-0.2, -0.15) is 0 Å². The van der Waals surface area contributed by atoms with Crippen molar-refractivity contribution in [2.45, 2.75) is 13.3 Å². The average Bonchev–Trinajstić information content (AvgIpc) is 2.38. The van der Waals surface area contributed by atoms with Gasteiger partial charge >= 0.3 is 6.09 Å². The van der Waals surface area contributed by atoms with E-state index in [4.69, 9.17) is 16.7 Å². The Hall–Kier alpha value is -2.00. The Labute approximate surface area is 116 Å². The lowest BCUT2D eigenvalue weighted by Gasteiger charge is -2.13. The quantitative estimate of drug-likeness (QED) is 0.856. The van der Waals surface area contributed by atoms with Crippen LogP contribution in [0.15, 0.2) is 42.5 Å². The van der Waals surface area contributed by atoms with Gasteiger partial charge in [-0.05, 0) is 35.7 Å². The topological polar surface area (TPSA) is 49.3 Å². The third-order valence-corrected chi connectivity index (χ3v) is 3.15. The van der Waals surface area contributed by atoms with Crippen LogP contribution in [0.4, 0.5) is 10.5 Å². The van der Waals surface area contributed by atoms with Crippen molar-refractivity contribution >= 4 is 23.4 Å². The Kier molecular flexibility index (Phi) is 4.07. The highest BCUT2D eigenvalue weighted by Crippen LogP contribution is 2.32. The Morgan fingerprint density at radius 3 is 2.63 bits per heavy atom. The van der Waals surface area contributed by atoms with Crippen molar-refractivity contribution in [1.82, 2.24) is 0 Å². The van der Waals surface area contributed by atoms with E-state index in [1.807, 2.05) is 30.3 Å². The molecule has 0 radical (unpaired) electrons. The number of carboxylic acid groups (broad SMARTS) is 1. The third kappa shape index (κ3) is 3.06. The summed E-state index contributed by atoms with van der Waals surface area (Å²) < 4.78 is 0. The van der Waals surface area contributed by atoms with Gasteiger partial charge in [0.05, 0.1) is 5.69 Å². The molecule has 98 valence electrons. The highest BCUT2D eigenvalue weighted by Gasteiger charge is 2.10. The van der Waals surface area contributed by atoms with Gasteiger partial charge in [-0.15, -0.1) is 0 Å². The van der Waals surface area contributed by atoms with Crippen LogP contribution < -0.4 is 5.32 Å². The lowest BCUT2D eigenvalue weighted by molar-refractivity contribution is 0.210. The molecule has 1 amide bonds. The molecule has 0 saturated carbocycles. The van der Waals surface area contributed by atoms with Crippen molar-refractivity contribution in [3.63, 3.8) is 0 Å². The summed E-state index contributed by atoms with van der Waals surface area (Å²) in [7, 11) is 0. The van der Waals surface area contributed by atoms with E-state index >= 15 is 0 Å². The predicted octanol–water partition coefficient (Wildman–Crippen LogP) is 4.66. The molecule has 2 aromatic carbocycles. The van der Waals surface area contributed by atoms with Crippen molar-refractivity contribution in [1.29, 1.82) is 0 Å². The van der Waals surface area contributed by atoms with Gasteiger partial charge in [0, 0.05) is 10.6 Å². The molecule has 2 rings (SSSR count). The molecule has 0 fully saturated rings. The second kappa shape index (κ2) is 5.76. The molecule has 0 aromatic heterocycles. The van der Waals surface area contributed by atoms with E-state index in [0.717, 1.165) is 23.1 Å². The summed E-state index contributed by atoms with van der Waals surface area (Å²) >= 11 is 6.05. The van der Waals surface area contributed by atoms with Crippen LogP contribution in [-0.4, -0.2) is 11.2 Å². The van der Waals surface area contributed by atoms with Gasteiger partial charge in [0.15, 0.2) is 0 Å². The zero-order valence-electron chi connectivity index (χ0n) is 10.5. The molecule has 0 bridgehead atoms. The van der Waals surface area contributed by atoms with Crippen LogP contribution >= 0.6 is 11.6 Å². The molecular weight excluding hydrogens is 262 g/mol. The zero-order chi connectivity index (χ0) is 13.8. The molecule has 0 aliphatic carbocycles. The molecule has 4 heteroatoms. The summed E-state index contributed by atoms with van der Waals surface area (Å²) in [5.41, 5.74) is 3.49. The average molecular weight is 276 g/mol. The number of amides is 1. The van der Waals surface area contributed by atoms with Crippen molar-refractivity contribution in [2.75, 3.05) is 5.32 Å². The highest BCUT2D eigenvalue weighted by atomic mass is 35.5. The summed E-state index contributed by atoms with van der Waals surface area (Å²) in [5, 5.41) is 11.9. The fourth-order valence-corrected chi connectivity index (χ4v) is 2.22. The second-order valence-corrected chi connectivity index (χ2v) is 4.57. The van der Waals surface area contributed by atoms with E-state index in [9.17, 15) is 4.79 Å². The largest absolute Gasteiger partial charge is 0.465 e. The summed E-state index contributed by atoms with van der Waals surface area (Å²) in [6.45, 7) is 2.06. The molecule has 2 N–H and O–H groups in total. The summed E-state index contributed by atoms with van der Waals surface area (Å²) in [6, 6.07) is 13.0. The Morgan fingerprint density at radius 2 is 1.95 bits per heavy atom. The number of carbonyl (C=O) groups is 1. The summed E-state index contributed by atoms with van der Waals surface area (Å²) in [5.74, 6) is 0. The Morgan fingerprint density at radius 1 is 1.21 bits per heavy atom. The highest BCUT2D eigenvalue weighted by molar-refractivity contribution is 6.31. The zero-order valence-corrected chi connectivity index (χ0v) is 11.2. The maximum Gasteiger partial charge on any atom is 0.409 e. The Balaban J connectivity index is 2.58. The third-order valence-electron chi connectivity index (χ3n) is 2.91. The standard InChI is InChI=1S/C15H14ClNO2/c1-2-10-7-8-11(16)9-13(10)12-5-3-4-6-14(12)17-15(18)19/h3-9,17H,2H2,1H3,(H,18,19). The first-order chi connectivity index (χ1) is 9.11. The number of rotatable bonds is 3. The van der Waals surface area contributed by atoms with Gasteiger partial charge in [-0.25, -0.2) is 4.79 Å². The molecule has 0 atom stereocenters. The molecule has 0 saturated heterocycles. The predicted molar refractivity (Wildman–Crippen MR) is 77.9 cm³/mol. The van der Waals surface area contributed by atoms with Gasteiger partial charge in [-0.1, -0.05) is 42.8 Å². The van der Waals surface area contributed by atoms with Crippen LogP contribution in [0.25, 0.3) is 11.1 Å². The lowest BCUT2D eigenvalue weighted by atomic mass is 9.97. The van der Waals surface area contributed by atoms with E-state index in [1.165, 1.54) is 0 Å². The van der Waals surface area contributed by atoms with E-state index in [-0.39, 0.29) is 0 Å². The number of hydrogen-bond donors (Lipinski definition) is 2. The molecule has 0 aliphatic rings. The first kappa shape index (κ1) is 13.4. The number of hydrogen-bond acceptors (Lipinski definition) is 1. The first-order valence-corrected chi connectivity index (χ1v) is 6.37. The monoisotopic (exact) mass is 275 g/mol. The summed E-state index contributed by atoms with van der Waals surface area (Å²) in [6.07, 6.45) is -0.221. The second-order valence-electron chi connectivity index (χ2n) is 4.13. The van der Waals surface area contributed by atoms with Gasteiger partial charge in [0.1, 0.15) is 0 Å². The van der Waals surface area contributed by atoms with Crippen LogP contribution in [0, 0.1) is 0 Å². The first-order valence-electron chi connectivity index (χ1n) is 5.99. The summed E-state index contributed by atoms with van der Waals surface area (Å²) in [4.78, 5) is 10.8. The van der Waals surface area contributed by atoms with Gasteiger partial charge in [0.2, 0.25) is 0 Å². The molecule has 0 aliphatic heterocycles. The molecule has 19 heavy (non-hydrogen) atoms. The van der Waals surface area contributed by atoms with Crippen molar-refractivity contribution in [2.24, 2.45) is 0 Å². The number of anilines is 1. The maximum atomic E-state index is 10.8. The van der Waals surface area contributed by atoms with E-state index in [1.54, 1.807) is 12.1 Å². The lowest BCUT2D eigenvalue weighted by Crippen LogP contribution is -2.08. The van der Waals surface area contributed by atoms with Crippen LogP contribution in [0.1, 0.15) is 12.5 Å². The van der Waals surface area contributed by atoms with E-state index in [2.05, 4.69) is 12.2 Å². The van der Waals surface area contributed by atoms with E-state index < -0.39 is 6.09 Å². The van der Waals surface area contributed by atoms with Crippen molar-refractivity contribution in [3.05, 3.63) is 53.1 Å². The van der Waals surface area contributed by atoms with Gasteiger partial charge in [0.25, 0.3) is 0 Å². The van der Waals surface area contributed by atoms with Crippen molar-refractivity contribution in [3.8, 4) is 11.1 Å². The molecular formula is C15H14ClNO2. The SMILES string of the molecule is CCc1ccc(Cl)cc1-c1ccccc1NC(=O)O. The van der Waals surface area contributed by atoms with Crippen LogP contribution in [0.5, 0.6) is 0 Å². The van der Waals surface area contributed by atoms with Crippen LogP contribution in [0.3, 0.4) is 0 Å². The van der Waals surface area contributed by atoms with Crippen molar-refractivity contribution < 1.29 is 9.90 Å². The molecule has 3 nitrogen and oxygen atoms in total. The van der Waals surface area contributed by atoms with Gasteiger partial charge in [-0.3, -0.25) is 5.32 Å². The minimum Gasteiger partial charge on any atom is -0.465 e. The smallest absolute Gasteiger partial charge is 0.409 e. The van der Waals surface area contributed by atoms with Crippen LogP contribution in [-0.2, 0) is 6.42 Å². The number of nitrogens with one attached hydrogen (secondary N) is 1. The number of aryl methyl sites for hydroxylation is 1.